The zero-order valence-corrected chi connectivity index (χ0v) is 19.2. The standard InChI is InChI=1S/C24H23N3O6S/c1-32-22-11-3-2-10-21(22)26-34(30,31)20-9-5-7-18(15-20)23(28)25-16-17-6-4-8-19(14-17)27-12-13-33-24(27)29/h2-11,14-15,26H,12-13,16H2,1H3,(H,25,28). The fourth-order valence-corrected chi connectivity index (χ4v) is 4.60. The SMILES string of the molecule is COc1ccccc1NS(=O)(=O)c1cccc(C(=O)NCc2cccc(N3CCOC3=O)c2)c1. The molecular formula is C24H23N3O6S. The van der Waals surface area contributed by atoms with Crippen LogP contribution < -0.4 is 19.7 Å². The summed E-state index contributed by atoms with van der Waals surface area (Å²) in [6.45, 7) is 1.01. The first-order valence-electron chi connectivity index (χ1n) is 10.4. The zero-order valence-electron chi connectivity index (χ0n) is 18.4. The molecule has 2 N–H and O–H groups in total. The van der Waals surface area contributed by atoms with E-state index in [2.05, 4.69) is 10.0 Å². The van der Waals surface area contributed by atoms with Gasteiger partial charge in [0.2, 0.25) is 0 Å². The summed E-state index contributed by atoms with van der Waals surface area (Å²) in [5.41, 5.74) is 1.96. The molecule has 10 heteroatoms. The van der Waals surface area contributed by atoms with Crippen molar-refractivity contribution in [1.82, 2.24) is 5.32 Å². The van der Waals surface area contributed by atoms with Crippen LogP contribution in [0.3, 0.4) is 0 Å². The molecule has 176 valence electrons. The Hall–Kier alpha value is -4.05. The van der Waals surface area contributed by atoms with Gasteiger partial charge in [-0.1, -0.05) is 30.3 Å². The number of ether oxygens (including phenoxy) is 2. The van der Waals surface area contributed by atoms with Crippen LogP contribution in [0.4, 0.5) is 16.2 Å². The van der Waals surface area contributed by atoms with Gasteiger partial charge in [-0.3, -0.25) is 14.4 Å². The largest absolute Gasteiger partial charge is 0.495 e. The van der Waals surface area contributed by atoms with Crippen LogP contribution in [0.2, 0.25) is 0 Å². The van der Waals surface area contributed by atoms with Gasteiger partial charge in [0, 0.05) is 17.8 Å². The Morgan fingerprint density at radius 3 is 2.62 bits per heavy atom. The highest BCUT2D eigenvalue weighted by Crippen LogP contribution is 2.26. The molecule has 0 spiro atoms. The summed E-state index contributed by atoms with van der Waals surface area (Å²) in [5, 5.41) is 2.78. The van der Waals surface area contributed by atoms with Gasteiger partial charge >= 0.3 is 6.09 Å². The number of carbonyl (C=O) groups is 2. The molecule has 0 aromatic heterocycles. The number of rotatable bonds is 8. The van der Waals surface area contributed by atoms with Crippen LogP contribution in [-0.2, 0) is 21.3 Å². The van der Waals surface area contributed by atoms with E-state index >= 15 is 0 Å². The third-order valence-corrected chi connectivity index (χ3v) is 6.56. The van der Waals surface area contributed by atoms with Gasteiger partial charge in [0.1, 0.15) is 12.4 Å². The topological polar surface area (TPSA) is 114 Å². The Kier molecular flexibility index (Phi) is 6.69. The summed E-state index contributed by atoms with van der Waals surface area (Å²) in [7, 11) is -2.50. The van der Waals surface area contributed by atoms with Crippen LogP contribution >= 0.6 is 0 Å². The van der Waals surface area contributed by atoms with Gasteiger partial charge < -0.3 is 14.8 Å². The van der Waals surface area contributed by atoms with E-state index in [1.54, 1.807) is 42.5 Å². The quantitative estimate of drug-likeness (QED) is 0.510. The lowest BCUT2D eigenvalue weighted by atomic mass is 10.1. The summed E-state index contributed by atoms with van der Waals surface area (Å²) >= 11 is 0. The third kappa shape index (κ3) is 5.12. The second-order valence-corrected chi connectivity index (χ2v) is 9.13. The van der Waals surface area contributed by atoms with Gasteiger partial charge in [0.25, 0.3) is 15.9 Å². The molecule has 0 radical (unpaired) electrons. The highest BCUT2D eigenvalue weighted by atomic mass is 32.2. The molecular weight excluding hydrogens is 458 g/mol. The van der Waals surface area contributed by atoms with Crippen molar-refractivity contribution in [3.63, 3.8) is 0 Å². The third-order valence-electron chi connectivity index (χ3n) is 5.19. The Morgan fingerprint density at radius 1 is 1.06 bits per heavy atom. The maximum atomic E-state index is 12.9. The molecule has 34 heavy (non-hydrogen) atoms. The lowest BCUT2D eigenvalue weighted by Gasteiger charge is -2.14. The number of hydrogen-bond donors (Lipinski definition) is 2. The number of cyclic esters (lactones) is 1. The number of methoxy groups -OCH3 is 1. The fraction of sp³-hybridized carbons (Fsp3) is 0.167. The number of nitrogens with one attached hydrogen (secondary N) is 2. The number of sulfonamides is 1. The number of anilines is 2. The zero-order chi connectivity index (χ0) is 24.1. The van der Waals surface area contributed by atoms with Crippen molar-refractivity contribution in [2.75, 3.05) is 29.9 Å². The number of benzene rings is 3. The number of hydrogen-bond acceptors (Lipinski definition) is 6. The van der Waals surface area contributed by atoms with E-state index in [9.17, 15) is 18.0 Å². The second-order valence-electron chi connectivity index (χ2n) is 7.45. The summed E-state index contributed by atoms with van der Waals surface area (Å²) in [4.78, 5) is 26.0. The molecule has 0 saturated carbocycles. The molecule has 0 atom stereocenters. The van der Waals surface area contributed by atoms with Gasteiger partial charge in [0.15, 0.2) is 0 Å². The van der Waals surface area contributed by atoms with Crippen molar-refractivity contribution in [2.24, 2.45) is 0 Å². The molecule has 9 nitrogen and oxygen atoms in total. The first-order chi connectivity index (χ1) is 16.4. The normalized spacial score (nSPS) is 13.3. The predicted molar refractivity (Wildman–Crippen MR) is 127 cm³/mol. The minimum Gasteiger partial charge on any atom is -0.495 e. The molecule has 1 fully saturated rings. The minimum absolute atomic E-state index is 0.0550. The van der Waals surface area contributed by atoms with Crippen molar-refractivity contribution < 1.29 is 27.5 Å². The van der Waals surface area contributed by atoms with Crippen LogP contribution in [0.25, 0.3) is 0 Å². The average molecular weight is 482 g/mol. The Labute approximate surface area is 197 Å². The van der Waals surface area contributed by atoms with E-state index in [0.717, 1.165) is 5.56 Å². The fourth-order valence-electron chi connectivity index (χ4n) is 3.48. The van der Waals surface area contributed by atoms with Crippen LogP contribution in [0, 0.1) is 0 Å². The molecule has 2 amide bonds. The molecule has 0 unspecified atom stereocenters. The monoisotopic (exact) mass is 481 g/mol. The highest BCUT2D eigenvalue weighted by Gasteiger charge is 2.23. The van der Waals surface area contributed by atoms with Crippen molar-refractivity contribution in [3.8, 4) is 5.75 Å². The van der Waals surface area contributed by atoms with Crippen LogP contribution in [0.1, 0.15) is 15.9 Å². The summed E-state index contributed by atoms with van der Waals surface area (Å²) in [5.74, 6) is -0.0512. The molecule has 4 rings (SSSR count). The summed E-state index contributed by atoms with van der Waals surface area (Å²) in [6, 6.07) is 19.6. The maximum absolute atomic E-state index is 12.9. The Morgan fingerprint density at radius 2 is 1.85 bits per heavy atom. The second kappa shape index (κ2) is 9.84. The molecule has 0 aliphatic carbocycles. The lowest BCUT2D eigenvalue weighted by molar-refractivity contribution is 0.0950. The van der Waals surface area contributed by atoms with Crippen molar-refractivity contribution in [1.29, 1.82) is 0 Å². The molecule has 3 aromatic rings. The van der Waals surface area contributed by atoms with E-state index in [-0.39, 0.29) is 17.0 Å². The van der Waals surface area contributed by atoms with Crippen molar-refractivity contribution in [2.45, 2.75) is 11.4 Å². The van der Waals surface area contributed by atoms with E-state index in [1.807, 2.05) is 6.07 Å². The first-order valence-corrected chi connectivity index (χ1v) is 11.9. The smallest absolute Gasteiger partial charge is 0.414 e. The average Bonchev–Trinajstić information content (AvgIpc) is 3.29. The Bertz CT molecular complexity index is 1330. The first kappa shape index (κ1) is 23.1. The van der Waals surface area contributed by atoms with Crippen LogP contribution in [0.15, 0.2) is 77.7 Å². The minimum atomic E-state index is -3.95. The molecule has 1 saturated heterocycles. The molecule has 0 bridgehead atoms. The van der Waals surface area contributed by atoms with E-state index in [1.165, 1.54) is 36.3 Å². The van der Waals surface area contributed by atoms with E-state index in [0.29, 0.717) is 30.3 Å². The maximum Gasteiger partial charge on any atom is 0.414 e. The van der Waals surface area contributed by atoms with Gasteiger partial charge in [0.05, 0.1) is 24.2 Å². The molecule has 1 aliphatic heterocycles. The lowest BCUT2D eigenvalue weighted by Crippen LogP contribution is -2.25. The van der Waals surface area contributed by atoms with Gasteiger partial charge in [-0.2, -0.15) is 0 Å². The molecule has 1 heterocycles. The van der Waals surface area contributed by atoms with E-state index < -0.39 is 22.0 Å². The van der Waals surface area contributed by atoms with Gasteiger partial charge in [-0.05, 0) is 48.0 Å². The van der Waals surface area contributed by atoms with E-state index in [4.69, 9.17) is 9.47 Å². The van der Waals surface area contributed by atoms with Crippen molar-refractivity contribution >= 4 is 33.4 Å². The molecule has 3 aromatic carbocycles. The van der Waals surface area contributed by atoms with Crippen LogP contribution in [-0.4, -0.2) is 40.7 Å². The predicted octanol–water partition coefficient (Wildman–Crippen LogP) is 3.38. The number of amides is 2. The summed E-state index contributed by atoms with van der Waals surface area (Å²) < 4.78 is 38.4. The Balaban J connectivity index is 1.45. The summed E-state index contributed by atoms with van der Waals surface area (Å²) in [6.07, 6.45) is -0.402. The van der Waals surface area contributed by atoms with Gasteiger partial charge in [-0.15, -0.1) is 0 Å². The molecule has 1 aliphatic rings. The van der Waals surface area contributed by atoms with Gasteiger partial charge in [-0.25, -0.2) is 13.2 Å². The van der Waals surface area contributed by atoms with Crippen LogP contribution in [0.5, 0.6) is 5.75 Å². The number of carbonyl (C=O) groups excluding carboxylic acids is 2. The number of nitrogens with zero attached hydrogens (tertiary/aromatic N) is 1. The number of para-hydroxylation sites is 2. The highest BCUT2D eigenvalue weighted by molar-refractivity contribution is 7.92. The van der Waals surface area contributed by atoms with Crippen molar-refractivity contribution in [3.05, 3.63) is 83.9 Å².